The molecule has 78 valence electrons. The van der Waals surface area contributed by atoms with Crippen molar-refractivity contribution in [2.24, 2.45) is 0 Å². The molecule has 4 nitrogen and oxygen atoms in total. The maximum absolute atomic E-state index is 10.9. The molecule has 0 fully saturated rings. The van der Waals surface area contributed by atoms with Crippen LogP contribution in [0.15, 0.2) is 0 Å². The zero-order valence-corrected chi connectivity index (χ0v) is 8.74. The summed E-state index contributed by atoms with van der Waals surface area (Å²) >= 11 is 0. The molecule has 0 heterocycles. The Kier molecular flexibility index (Phi) is 6.21. The minimum absolute atomic E-state index is 0.0337. The van der Waals surface area contributed by atoms with Gasteiger partial charge in [-0.3, -0.25) is 4.57 Å². The molecule has 0 radical (unpaired) electrons. The second-order valence-corrected chi connectivity index (χ2v) is 5.05. The van der Waals surface area contributed by atoms with E-state index in [-0.39, 0.29) is 6.42 Å². The molecule has 0 aromatic heterocycles. The molecule has 0 saturated heterocycles. The largest absolute Gasteiger partial charge is 0.329 e. The Balaban J connectivity index is 3.95. The van der Waals surface area contributed by atoms with Gasteiger partial charge in [-0.25, -0.2) is 0 Å². The van der Waals surface area contributed by atoms with Crippen molar-refractivity contribution < 1.29 is 19.1 Å². The molecular weight excluding hydrogens is 191 g/mol. The highest BCUT2D eigenvalue weighted by Crippen LogP contribution is 2.44. The molecule has 2 N–H and O–H groups in total. The number of aldehydes is 1. The molecule has 0 aliphatic rings. The summed E-state index contributed by atoms with van der Waals surface area (Å²) in [6.45, 7) is 2.02. The average Bonchev–Trinajstić information content (AvgIpc) is 2.01. The molecule has 0 spiro atoms. The Morgan fingerprint density at radius 2 is 2.00 bits per heavy atom. The van der Waals surface area contributed by atoms with Crippen LogP contribution < -0.4 is 0 Å². The molecule has 0 aromatic rings. The van der Waals surface area contributed by atoms with Crippen LogP contribution in [0.25, 0.3) is 0 Å². The monoisotopic (exact) mass is 208 g/mol. The standard InChI is InChI=1S/C8H17O4P/c1-2-3-4-5-8(6-7-9)13(10,11)12/h7-8H,2-6H2,1H3,(H2,10,11,12). The SMILES string of the molecule is CCCCCC(CC=O)P(=O)(O)O. The van der Waals surface area contributed by atoms with Gasteiger partial charge in [-0.1, -0.05) is 26.2 Å². The fourth-order valence-corrected chi connectivity index (χ4v) is 2.04. The summed E-state index contributed by atoms with van der Waals surface area (Å²) in [6.07, 6.45) is 3.73. The van der Waals surface area contributed by atoms with Gasteiger partial charge in [0.25, 0.3) is 0 Å². The van der Waals surface area contributed by atoms with Gasteiger partial charge in [0.2, 0.25) is 0 Å². The molecule has 0 bridgehead atoms. The first-order chi connectivity index (χ1) is 6.02. The van der Waals surface area contributed by atoms with Gasteiger partial charge in [-0.05, 0) is 6.42 Å². The molecular formula is C8H17O4P. The van der Waals surface area contributed by atoms with Crippen LogP contribution in [0, 0.1) is 0 Å². The van der Waals surface area contributed by atoms with Crippen molar-refractivity contribution in [3.05, 3.63) is 0 Å². The van der Waals surface area contributed by atoms with Crippen molar-refractivity contribution in [1.82, 2.24) is 0 Å². The van der Waals surface area contributed by atoms with Crippen LogP contribution in [-0.4, -0.2) is 21.7 Å². The van der Waals surface area contributed by atoms with E-state index >= 15 is 0 Å². The van der Waals surface area contributed by atoms with E-state index in [4.69, 9.17) is 9.79 Å². The first-order valence-corrected chi connectivity index (χ1v) is 6.19. The number of unbranched alkanes of at least 4 members (excludes halogenated alkanes) is 2. The van der Waals surface area contributed by atoms with Gasteiger partial charge in [-0.15, -0.1) is 0 Å². The lowest BCUT2D eigenvalue weighted by molar-refractivity contribution is -0.108. The molecule has 13 heavy (non-hydrogen) atoms. The average molecular weight is 208 g/mol. The van der Waals surface area contributed by atoms with Crippen LogP contribution in [-0.2, 0) is 9.36 Å². The lowest BCUT2D eigenvalue weighted by atomic mass is 10.1. The van der Waals surface area contributed by atoms with E-state index in [0.717, 1.165) is 19.3 Å². The van der Waals surface area contributed by atoms with Crippen LogP contribution in [0.4, 0.5) is 0 Å². The maximum atomic E-state index is 10.9. The van der Waals surface area contributed by atoms with E-state index in [1.54, 1.807) is 0 Å². The lowest BCUT2D eigenvalue weighted by Gasteiger charge is -2.15. The first kappa shape index (κ1) is 12.8. The van der Waals surface area contributed by atoms with Gasteiger partial charge in [0, 0.05) is 6.42 Å². The molecule has 0 aliphatic heterocycles. The molecule has 1 atom stereocenters. The zero-order chi connectivity index (χ0) is 10.3. The third-order valence-corrected chi connectivity index (χ3v) is 3.41. The lowest BCUT2D eigenvalue weighted by Crippen LogP contribution is -2.09. The fraction of sp³-hybridized carbons (Fsp3) is 0.875. The van der Waals surface area contributed by atoms with Gasteiger partial charge in [-0.2, -0.15) is 0 Å². The summed E-state index contributed by atoms with van der Waals surface area (Å²) in [4.78, 5) is 27.9. The summed E-state index contributed by atoms with van der Waals surface area (Å²) in [6, 6.07) is 0. The normalized spacial score (nSPS) is 14.1. The highest BCUT2D eigenvalue weighted by Gasteiger charge is 2.27. The number of hydrogen-bond acceptors (Lipinski definition) is 2. The Morgan fingerprint density at radius 1 is 1.38 bits per heavy atom. The first-order valence-electron chi connectivity index (χ1n) is 4.51. The van der Waals surface area contributed by atoms with Crippen molar-refractivity contribution in [3.8, 4) is 0 Å². The van der Waals surface area contributed by atoms with Crippen molar-refractivity contribution in [1.29, 1.82) is 0 Å². The van der Waals surface area contributed by atoms with Gasteiger partial charge < -0.3 is 14.6 Å². The predicted molar refractivity (Wildman–Crippen MR) is 50.7 cm³/mol. The Morgan fingerprint density at radius 3 is 2.38 bits per heavy atom. The number of hydrogen-bond donors (Lipinski definition) is 2. The Labute approximate surface area is 78.5 Å². The molecule has 0 amide bonds. The summed E-state index contributed by atoms with van der Waals surface area (Å²) in [5.41, 5.74) is -0.767. The van der Waals surface area contributed by atoms with Crippen LogP contribution in [0.2, 0.25) is 0 Å². The molecule has 1 unspecified atom stereocenters. The molecule has 0 aliphatic carbocycles. The van der Waals surface area contributed by atoms with Crippen molar-refractivity contribution in [3.63, 3.8) is 0 Å². The number of carbonyl (C=O) groups is 1. The molecule has 0 aromatic carbocycles. The van der Waals surface area contributed by atoms with E-state index in [0.29, 0.717) is 12.7 Å². The summed E-state index contributed by atoms with van der Waals surface area (Å²) in [5.74, 6) is 0. The highest BCUT2D eigenvalue weighted by molar-refractivity contribution is 7.52. The topological polar surface area (TPSA) is 74.6 Å². The molecule has 0 rings (SSSR count). The van der Waals surface area contributed by atoms with Crippen LogP contribution >= 0.6 is 7.60 Å². The van der Waals surface area contributed by atoms with E-state index in [9.17, 15) is 9.36 Å². The zero-order valence-electron chi connectivity index (χ0n) is 7.85. The number of carbonyl (C=O) groups excluding carboxylic acids is 1. The minimum atomic E-state index is -4.06. The minimum Gasteiger partial charge on any atom is -0.324 e. The third-order valence-electron chi connectivity index (χ3n) is 1.98. The van der Waals surface area contributed by atoms with Gasteiger partial charge >= 0.3 is 7.60 Å². The van der Waals surface area contributed by atoms with Crippen molar-refractivity contribution in [2.45, 2.75) is 44.7 Å². The summed E-state index contributed by atoms with van der Waals surface area (Å²) in [5, 5.41) is 0. The Hall–Kier alpha value is -0.180. The van der Waals surface area contributed by atoms with Gasteiger partial charge in [0.15, 0.2) is 0 Å². The van der Waals surface area contributed by atoms with Crippen LogP contribution in [0.3, 0.4) is 0 Å². The maximum Gasteiger partial charge on any atom is 0.329 e. The van der Waals surface area contributed by atoms with Crippen LogP contribution in [0.1, 0.15) is 39.0 Å². The van der Waals surface area contributed by atoms with E-state index < -0.39 is 13.3 Å². The van der Waals surface area contributed by atoms with Crippen molar-refractivity contribution >= 4 is 13.9 Å². The summed E-state index contributed by atoms with van der Waals surface area (Å²) < 4.78 is 10.9. The van der Waals surface area contributed by atoms with Gasteiger partial charge in [0.1, 0.15) is 6.29 Å². The quantitative estimate of drug-likeness (QED) is 0.379. The van der Waals surface area contributed by atoms with E-state index in [1.165, 1.54) is 0 Å². The molecule has 0 saturated carbocycles. The second-order valence-electron chi connectivity index (χ2n) is 3.14. The second kappa shape index (κ2) is 6.30. The third kappa shape index (κ3) is 5.97. The highest BCUT2D eigenvalue weighted by atomic mass is 31.2. The predicted octanol–water partition coefficient (Wildman–Crippen LogP) is 1.70. The van der Waals surface area contributed by atoms with E-state index in [2.05, 4.69) is 0 Å². The molecule has 5 heteroatoms. The summed E-state index contributed by atoms with van der Waals surface area (Å²) in [7, 11) is -4.06. The smallest absolute Gasteiger partial charge is 0.324 e. The Bertz CT molecular complexity index is 187. The van der Waals surface area contributed by atoms with Gasteiger partial charge in [0.05, 0.1) is 5.66 Å². The fourth-order valence-electron chi connectivity index (χ4n) is 1.16. The van der Waals surface area contributed by atoms with Crippen molar-refractivity contribution in [2.75, 3.05) is 0 Å². The van der Waals surface area contributed by atoms with E-state index in [1.807, 2.05) is 6.92 Å². The van der Waals surface area contributed by atoms with Crippen LogP contribution in [0.5, 0.6) is 0 Å². The number of rotatable bonds is 7.